The third kappa shape index (κ3) is 31.5. The van der Waals surface area contributed by atoms with E-state index in [9.17, 15) is 0 Å². The molecule has 5 rings (SSSR count). The Hall–Kier alpha value is -2.62. The van der Waals surface area contributed by atoms with E-state index in [1.54, 1.807) is 0 Å². The fraction of sp³-hybridized carbons (Fsp3) is 0.800. The monoisotopic (exact) mass is 1280 g/mol. The number of rotatable bonds is 63. The second-order valence-corrected chi connectivity index (χ2v) is 29.9. The Morgan fingerprint density at radius 3 is 1.11 bits per heavy atom. The Kier molecular flexibility index (Phi) is 44.8. The largest absolute Gasteiger partial charge is 0.491 e. The third-order valence-corrected chi connectivity index (χ3v) is 21.9. The zero-order chi connectivity index (χ0) is 62.9. The number of thiophene rings is 2. The zero-order valence-corrected chi connectivity index (χ0v) is 61.3. The Morgan fingerprint density at radius 2 is 0.708 bits per heavy atom. The van der Waals surface area contributed by atoms with Crippen molar-refractivity contribution in [2.45, 2.75) is 375 Å². The van der Waals surface area contributed by atoms with Crippen LogP contribution in [0, 0.1) is 11.8 Å². The first-order valence-electron chi connectivity index (χ1n) is 38.9. The van der Waals surface area contributed by atoms with Gasteiger partial charge in [-0.1, -0.05) is 337 Å². The van der Waals surface area contributed by atoms with Crippen LogP contribution >= 0.6 is 34.4 Å². The maximum atomic E-state index is 7.47. The third-order valence-electron chi connectivity index (χ3n) is 19.3. The van der Waals surface area contributed by atoms with Crippen molar-refractivity contribution in [1.29, 1.82) is 0 Å². The van der Waals surface area contributed by atoms with E-state index in [1.807, 2.05) is 22.7 Å². The second kappa shape index (κ2) is 51.8. The number of nitrogens with zero attached hydrogens (tertiary/aromatic N) is 2. The molecule has 9 heteroatoms. The average Bonchev–Trinajstić information content (AvgIpc) is 1.66. The number of hydrogen-bond acceptors (Lipinski definition) is 9. The van der Waals surface area contributed by atoms with Crippen molar-refractivity contribution in [3.63, 3.8) is 0 Å². The summed E-state index contributed by atoms with van der Waals surface area (Å²) in [5.74, 6) is 4.80. The van der Waals surface area contributed by atoms with Crippen LogP contribution < -0.4 is 18.9 Å². The summed E-state index contributed by atoms with van der Waals surface area (Å²) in [5.41, 5.74) is 2.82. The summed E-state index contributed by atoms with van der Waals surface area (Å²) in [6.45, 7) is 16.8. The molecule has 0 fully saturated rings. The lowest BCUT2D eigenvalue weighted by Gasteiger charge is -2.21. The Bertz CT molecular complexity index is 2350. The normalized spacial score (nSPS) is 12.6. The van der Waals surface area contributed by atoms with Gasteiger partial charge in [-0.2, -0.15) is 8.75 Å². The molecule has 3 aromatic heterocycles. The van der Waals surface area contributed by atoms with Crippen molar-refractivity contribution in [1.82, 2.24) is 8.75 Å². The Morgan fingerprint density at radius 1 is 0.348 bits per heavy atom. The van der Waals surface area contributed by atoms with Crippen molar-refractivity contribution in [2.75, 3.05) is 26.4 Å². The Labute approximate surface area is 560 Å². The molecule has 3 heterocycles. The summed E-state index contributed by atoms with van der Waals surface area (Å²) in [5, 5.41) is 4.67. The highest BCUT2D eigenvalue weighted by atomic mass is 32.1. The molecule has 0 bridgehead atoms. The number of fused-ring (bicyclic) bond motifs is 3. The number of hydrogen-bond donors (Lipinski definition) is 0. The Balaban J connectivity index is 1.51. The van der Waals surface area contributed by atoms with E-state index < -0.39 is 0 Å². The van der Waals surface area contributed by atoms with Crippen molar-refractivity contribution in [3.8, 4) is 33.4 Å². The molecule has 0 amide bonds. The summed E-state index contributed by atoms with van der Waals surface area (Å²) < 4.78 is 41.5. The lowest BCUT2D eigenvalue weighted by Crippen LogP contribution is -2.14. The van der Waals surface area contributed by atoms with E-state index in [0.29, 0.717) is 25.0 Å². The van der Waals surface area contributed by atoms with Crippen LogP contribution in [-0.2, 0) is 0 Å². The quantitative estimate of drug-likeness (QED) is 0.0362. The standard InChI is InChI=1S/C80H136N2O4S3/c1-7-13-19-25-31-35-37-41-47-53-60-83-72-64-71-75(82-89-81-71)74(78(72)84-61-54-48-42-38-36-32-26-20-14-8-2)73-63-70-77(86-66-68(56-50-44-30-24-18-12-6)58-52-46-40-34-28-22-16-10-4)79-69(59-62-87-79)76(80(70)88-73)85-65-67(55-49-43-29-23-17-11-5)57-51-45-39-33-27-21-15-9-3/h59,62-64,67-68H,7-58,60-61,65-66H2,1-6H3. The number of unbranched alkanes of at least 4 members (excludes halogenated alkanes) is 42. The highest BCUT2D eigenvalue weighted by Crippen LogP contribution is 2.54. The molecule has 0 aliphatic rings. The molecule has 2 unspecified atom stereocenters. The number of aromatic nitrogens is 2. The first-order chi connectivity index (χ1) is 44.1. The van der Waals surface area contributed by atoms with Crippen LogP contribution in [0.25, 0.3) is 41.6 Å². The molecule has 89 heavy (non-hydrogen) atoms. The van der Waals surface area contributed by atoms with Crippen molar-refractivity contribution in [3.05, 3.63) is 23.6 Å². The lowest BCUT2D eigenvalue weighted by molar-refractivity contribution is 0.225. The van der Waals surface area contributed by atoms with Gasteiger partial charge in [0.05, 0.1) is 53.1 Å². The van der Waals surface area contributed by atoms with Crippen molar-refractivity contribution in [2.24, 2.45) is 11.8 Å². The zero-order valence-electron chi connectivity index (χ0n) is 58.8. The SMILES string of the molecule is CCCCCCCCCCCCOc1cc2nsnc2c(-c2cc3c(OCC(CCCCCCCC)CCCCCCCCCC)c4sccc4c(OCC(CCCCCCCC)CCCCCCCCCC)c3s2)c1OCCCCCCCCCCCC. The van der Waals surface area contributed by atoms with Crippen LogP contribution in [-0.4, -0.2) is 35.2 Å². The lowest BCUT2D eigenvalue weighted by atomic mass is 9.94. The molecule has 5 aromatic rings. The van der Waals surface area contributed by atoms with E-state index in [0.717, 1.165) is 70.5 Å². The van der Waals surface area contributed by atoms with E-state index in [4.69, 9.17) is 27.7 Å². The van der Waals surface area contributed by atoms with Gasteiger partial charge in [-0.05, 0) is 67.9 Å². The molecule has 0 radical (unpaired) electrons. The first kappa shape index (κ1) is 77.1. The highest BCUT2D eigenvalue weighted by Gasteiger charge is 2.28. The maximum absolute atomic E-state index is 7.47. The smallest absolute Gasteiger partial charge is 0.172 e. The molecule has 6 nitrogen and oxygen atoms in total. The average molecular weight is 1290 g/mol. The van der Waals surface area contributed by atoms with Gasteiger partial charge in [0.15, 0.2) is 11.5 Å². The van der Waals surface area contributed by atoms with Gasteiger partial charge in [-0.15, -0.1) is 22.7 Å². The van der Waals surface area contributed by atoms with Gasteiger partial charge < -0.3 is 18.9 Å². The second-order valence-electron chi connectivity index (χ2n) is 27.4. The number of ether oxygens (including phenoxy) is 4. The van der Waals surface area contributed by atoms with Crippen LogP contribution in [0.1, 0.15) is 375 Å². The molecule has 0 N–H and O–H groups in total. The van der Waals surface area contributed by atoms with Gasteiger partial charge in [0.1, 0.15) is 22.5 Å². The van der Waals surface area contributed by atoms with E-state index >= 15 is 0 Å². The van der Waals surface area contributed by atoms with Crippen LogP contribution in [0.2, 0.25) is 0 Å². The molecular formula is C80H136N2O4S3. The first-order valence-corrected chi connectivity index (χ1v) is 41.3. The molecular weight excluding hydrogens is 1150 g/mol. The minimum Gasteiger partial charge on any atom is -0.491 e. The predicted molar refractivity (Wildman–Crippen MR) is 397 cm³/mol. The van der Waals surface area contributed by atoms with Crippen molar-refractivity contribution >= 4 is 65.6 Å². The van der Waals surface area contributed by atoms with Gasteiger partial charge in [0.2, 0.25) is 0 Å². The van der Waals surface area contributed by atoms with Crippen LogP contribution in [0.3, 0.4) is 0 Å². The van der Waals surface area contributed by atoms with Crippen LogP contribution in [0.5, 0.6) is 23.0 Å². The molecule has 0 spiro atoms. The molecule has 0 saturated carbocycles. The van der Waals surface area contributed by atoms with E-state index in [-0.39, 0.29) is 0 Å². The molecule has 0 aliphatic carbocycles. The van der Waals surface area contributed by atoms with E-state index in [1.165, 1.54) is 353 Å². The summed E-state index contributed by atoms with van der Waals surface area (Å²) >= 11 is 4.99. The minimum absolute atomic E-state index is 0.537. The molecule has 0 saturated heterocycles. The summed E-state index contributed by atoms with van der Waals surface area (Å²) in [7, 11) is 0. The maximum Gasteiger partial charge on any atom is 0.172 e. The fourth-order valence-electron chi connectivity index (χ4n) is 13.5. The highest BCUT2D eigenvalue weighted by molar-refractivity contribution is 7.23. The van der Waals surface area contributed by atoms with Gasteiger partial charge in [-0.3, -0.25) is 0 Å². The molecule has 2 aromatic carbocycles. The summed E-state index contributed by atoms with van der Waals surface area (Å²) in [6, 6.07) is 6.90. The topological polar surface area (TPSA) is 62.7 Å². The van der Waals surface area contributed by atoms with Crippen LogP contribution in [0.15, 0.2) is 23.6 Å². The minimum atomic E-state index is 0.537. The summed E-state index contributed by atoms with van der Waals surface area (Å²) in [6.07, 6.45) is 68.6. The van der Waals surface area contributed by atoms with Gasteiger partial charge >= 0.3 is 0 Å². The molecule has 508 valence electrons. The van der Waals surface area contributed by atoms with Crippen LogP contribution in [0.4, 0.5) is 0 Å². The van der Waals surface area contributed by atoms with Crippen molar-refractivity contribution < 1.29 is 18.9 Å². The molecule has 2 atom stereocenters. The molecule has 0 aliphatic heterocycles. The van der Waals surface area contributed by atoms with Gasteiger partial charge in [0.25, 0.3) is 0 Å². The fourth-order valence-corrected chi connectivity index (χ4v) is 16.2. The summed E-state index contributed by atoms with van der Waals surface area (Å²) in [4.78, 5) is 1.14. The van der Waals surface area contributed by atoms with Gasteiger partial charge in [0, 0.05) is 21.7 Å². The van der Waals surface area contributed by atoms with E-state index in [2.05, 4.69) is 65.1 Å². The number of benzene rings is 2. The predicted octanol–water partition coefficient (Wildman–Crippen LogP) is 28.9. The van der Waals surface area contributed by atoms with Gasteiger partial charge in [-0.25, -0.2) is 0 Å².